The second-order valence-electron chi connectivity index (χ2n) is 6.25. The van der Waals surface area contributed by atoms with Crippen LogP contribution >= 0.6 is 0 Å². The van der Waals surface area contributed by atoms with E-state index in [-0.39, 0.29) is 11.3 Å². The minimum Gasteiger partial charge on any atom is -0.340 e. The Morgan fingerprint density at radius 3 is 2.52 bits per heavy atom. The molecular weight excluding hydrogens is 288 g/mol. The van der Waals surface area contributed by atoms with Gasteiger partial charge in [0.1, 0.15) is 0 Å². The monoisotopic (exact) mass is 308 g/mol. The third kappa shape index (κ3) is 2.32. The molecule has 21 heavy (non-hydrogen) atoms. The van der Waals surface area contributed by atoms with Crippen molar-refractivity contribution >= 4 is 16.0 Å². The van der Waals surface area contributed by atoms with Crippen molar-refractivity contribution in [1.82, 2.24) is 14.3 Å². The van der Waals surface area contributed by atoms with Crippen molar-refractivity contribution in [1.29, 1.82) is 0 Å². The van der Waals surface area contributed by atoms with Crippen molar-refractivity contribution in [3.8, 4) is 0 Å². The van der Waals surface area contributed by atoms with Gasteiger partial charge in [-0.2, -0.15) is 4.31 Å². The second-order valence-corrected chi connectivity index (χ2v) is 8.42. The number of hydrogen-bond acceptors (Lipinski definition) is 5. The molecule has 3 fully saturated rings. The number of aromatic nitrogens is 2. The van der Waals surface area contributed by atoms with E-state index in [1.807, 2.05) is 6.07 Å². The Morgan fingerprint density at radius 1 is 1.05 bits per heavy atom. The van der Waals surface area contributed by atoms with Crippen molar-refractivity contribution in [3.05, 3.63) is 18.5 Å². The van der Waals surface area contributed by atoms with E-state index < -0.39 is 10.0 Å². The number of sulfonamides is 1. The number of anilines is 1. The van der Waals surface area contributed by atoms with Gasteiger partial charge in [-0.3, -0.25) is 0 Å². The van der Waals surface area contributed by atoms with Crippen LogP contribution < -0.4 is 4.90 Å². The lowest BCUT2D eigenvalue weighted by atomic mass is 9.93. The van der Waals surface area contributed by atoms with Crippen LogP contribution in [0.5, 0.6) is 0 Å². The molecule has 114 valence electrons. The summed E-state index contributed by atoms with van der Waals surface area (Å²) in [5.41, 5.74) is 0. The predicted octanol–water partition coefficient (Wildman–Crippen LogP) is 0.869. The number of fused-ring (bicyclic) bond motifs is 1. The first-order chi connectivity index (χ1) is 10.2. The van der Waals surface area contributed by atoms with Gasteiger partial charge in [0.25, 0.3) is 0 Å². The Morgan fingerprint density at radius 2 is 1.81 bits per heavy atom. The molecule has 0 aromatic carbocycles. The van der Waals surface area contributed by atoms with E-state index in [0.717, 1.165) is 44.7 Å². The average molecular weight is 308 g/mol. The van der Waals surface area contributed by atoms with Gasteiger partial charge in [0, 0.05) is 38.1 Å². The van der Waals surface area contributed by atoms with Gasteiger partial charge >= 0.3 is 0 Å². The summed E-state index contributed by atoms with van der Waals surface area (Å²) in [6, 6.07) is 2.01. The van der Waals surface area contributed by atoms with E-state index in [1.165, 1.54) is 0 Å². The van der Waals surface area contributed by atoms with Crippen LogP contribution in [-0.2, 0) is 10.0 Å². The topological polar surface area (TPSA) is 66.4 Å². The molecule has 1 saturated carbocycles. The summed E-state index contributed by atoms with van der Waals surface area (Å²) in [5, 5.41) is -0.0910. The first-order valence-electron chi connectivity index (χ1n) is 7.69. The van der Waals surface area contributed by atoms with Crippen molar-refractivity contribution in [2.75, 3.05) is 24.5 Å². The molecule has 0 N–H and O–H groups in total. The fraction of sp³-hybridized carbons (Fsp3) is 0.714. The maximum atomic E-state index is 12.5. The molecule has 1 aromatic heterocycles. The summed E-state index contributed by atoms with van der Waals surface area (Å²) < 4.78 is 26.8. The molecule has 2 saturated heterocycles. The summed E-state index contributed by atoms with van der Waals surface area (Å²) in [4.78, 5) is 10.8. The number of rotatable bonds is 3. The molecule has 2 unspecified atom stereocenters. The van der Waals surface area contributed by atoms with Gasteiger partial charge in [0.15, 0.2) is 0 Å². The number of nitrogens with zero attached hydrogens (tertiary/aromatic N) is 4. The molecular formula is C14H20N4O2S. The van der Waals surface area contributed by atoms with Gasteiger partial charge in [0.05, 0.1) is 5.25 Å². The molecule has 4 rings (SSSR count). The van der Waals surface area contributed by atoms with E-state index in [0.29, 0.717) is 12.5 Å². The highest BCUT2D eigenvalue weighted by Gasteiger charge is 2.48. The van der Waals surface area contributed by atoms with Crippen LogP contribution in [0.2, 0.25) is 0 Å². The standard InChI is InChI=1S/C14H20N4O2S/c19-21(20,12-2-3-12)18-9-4-11-10-17(8-5-13(11)18)14-15-6-1-7-16-14/h1,6-7,11-13H,2-5,8-10H2. The minimum absolute atomic E-state index is 0.0910. The highest BCUT2D eigenvalue weighted by molar-refractivity contribution is 7.90. The lowest BCUT2D eigenvalue weighted by Gasteiger charge is -2.37. The van der Waals surface area contributed by atoms with Crippen LogP contribution in [0.15, 0.2) is 18.5 Å². The van der Waals surface area contributed by atoms with Gasteiger partial charge in [-0.1, -0.05) is 0 Å². The predicted molar refractivity (Wildman–Crippen MR) is 79.4 cm³/mol. The van der Waals surface area contributed by atoms with Crippen molar-refractivity contribution in [2.24, 2.45) is 5.92 Å². The largest absolute Gasteiger partial charge is 0.340 e. The Bertz CT molecular complexity index is 617. The highest BCUT2D eigenvalue weighted by Crippen LogP contribution is 2.39. The smallest absolute Gasteiger partial charge is 0.225 e. The van der Waals surface area contributed by atoms with Gasteiger partial charge in [0.2, 0.25) is 16.0 Å². The zero-order valence-corrected chi connectivity index (χ0v) is 12.7. The fourth-order valence-corrected chi connectivity index (χ4v) is 5.78. The van der Waals surface area contributed by atoms with Crippen molar-refractivity contribution < 1.29 is 8.42 Å². The quantitative estimate of drug-likeness (QED) is 0.829. The Kier molecular flexibility index (Phi) is 3.15. The summed E-state index contributed by atoms with van der Waals surface area (Å²) >= 11 is 0. The van der Waals surface area contributed by atoms with Crippen LogP contribution in [0.25, 0.3) is 0 Å². The molecule has 2 atom stereocenters. The van der Waals surface area contributed by atoms with E-state index in [2.05, 4.69) is 14.9 Å². The zero-order valence-electron chi connectivity index (χ0n) is 11.9. The Balaban J connectivity index is 1.50. The maximum absolute atomic E-state index is 12.5. The number of piperidine rings is 1. The molecule has 0 radical (unpaired) electrons. The SMILES string of the molecule is O=S(=O)(C1CC1)N1CCC2CN(c3ncccn3)CCC21. The molecule has 1 aromatic rings. The van der Waals surface area contributed by atoms with Gasteiger partial charge in [-0.15, -0.1) is 0 Å². The lowest BCUT2D eigenvalue weighted by molar-refractivity contribution is 0.291. The van der Waals surface area contributed by atoms with E-state index in [9.17, 15) is 8.42 Å². The molecule has 0 bridgehead atoms. The molecule has 1 aliphatic carbocycles. The van der Waals surface area contributed by atoms with Crippen LogP contribution in [0, 0.1) is 5.92 Å². The average Bonchev–Trinajstić information content (AvgIpc) is 3.28. The summed E-state index contributed by atoms with van der Waals surface area (Å²) in [6.45, 7) is 2.39. The van der Waals surface area contributed by atoms with E-state index in [4.69, 9.17) is 0 Å². The first kappa shape index (κ1) is 13.5. The van der Waals surface area contributed by atoms with Gasteiger partial charge in [-0.25, -0.2) is 18.4 Å². The highest BCUT2D eigenvalue weighted by atomic mass is 32.2. The fourth-order valence-electron chi connectivity index (χ4n) is 3.65. The molecule has 0 amide bonds. The lowest BCUT2D eigenvalue weighted by Crippen LogP contribution is -2.48. The van der Waals surface area contributed by atoms with Crippen LogP contribution in [-0.4, -0.2) is 53.6 Å². The molecule has 3 heterocycles. The van der Waals surface area contributed by atoms with E-state index in [1.54, 1.807) is 16.7 Å². The van der Waals surface area contributed by atoms with Crippen LogP contribution in [0.3, 0.4) is 0 Å². The maximum Gasteiger partial charge on any atom is 0.225 e. The summed E-state index contributed by atoms with van der Waals surface area (Å²) in [6.07, 6.45) is 7.05. The van der Waals surface area contributed by atoms with Crippen molar-refractivity contribution in [3.63, 3.8) is 0 Å². The van der Waals surface area contributed by atoms with Gasteiger partial charge in [-0.05, 0) is 37.7 Å². The first-order valence-corrected chi connectivity index (χ1v) is 9.19. The molecule has 7 heteroatoms. The molecule has 0 spiro atoms. The third-order valence-electron chi connectivity index (χ3n) is 4.89. The van der Waals surface area contributed by atoms with E-state index >= 15 is 0 Å². The third-order valence-corrected chi connectivity index (χ3v) is 7.31. The van der Waals surface area contributed by atoms with Crippen molar-refractivity contribution in [2.45, 2.75) is 37.0 Å². The molecule has 3 aliphatic rings. The van der Waals surface area contributed by atoms with Crippen LogP contribution in [0.4, 0.5) is 5.95 Å². The Labute approximate surface area is 125 Å². The van der Waals surface area contributed by atoms with Crippen LogP contribution in [0.1, 0.15) is 25.7 Å². The number of hydrogen-bond donors (Lipinski definition) is 0. The summed E-state index contributed by atoms with van der Waals surface area (Å²) in [7, 11) is -3.03. The molecule has 6 nitrogen and oxygen atoms in total. The minimum atomic E-state index is -3.03. The normalized spacial score (nSPS) is 30.4. The zero-order chi connectivity index (χ0) is 14.4. The second kappa shape index (κ2) is 4.91. The summed E-state index contributed by atoms with van der Waals surface area (Å²) in [5.74, 6) is 1.18. The molecule has 2 aliphatic heterocycles. The van der Waals surface area contributed by atoms with Gasteiger partial charge < -0.3 is 4.90 Å². The Hall–Kier alpha value is -1.21.